The molecule has 1 heterocycles. The zero-order chi connectivity index (χ0) is 12.1. The summed E-state index contributed by atoms with van der Waals surface area (Å²) >= 11 is 0. The van der Waals surface area contributed by atoms with Gasteiger partial charge in [-0.2, -0.15) is 0 Å². The van der Waals surface area contributed by atoms with Crippen molar-refractivity contribution in [2.75, 3.05) is 20.3 Å². The Morgan fingerprint density at radius 2 is 2.31 bits per heavy atom. The van der Waals surface area contributed by atoms with Crippen LogP contribution in [0.5, 0.6) is 0 Å². The summed E-state index contributed by atoms with van der Waals surface area (Å²) in [5, 5.41) is 4.11. The highest BCUT2D eigenvalue weighted by Crippen LogP contribution is 2.11. The van der Waals surface area contributed by atoms with Crippen LogP contribution in [-0.2, 0) is 19.1 Å². The number of halogens is 1. The topological polar surface area (TPSA) is 84.5 Å². The summed E-state index contributed by atoms with van der Waals surface area (Å²) in [5.74, 6) is -5.06. The molecule has 1 atom stereocenters. The van der Waals surface area contributed by atoms with E-state index in [1.54, 1.807) is 5.32 Å². The van der Waals surface area contributed by atoms with Crippen molar-refractivity contribution in [3.05, 3.63) is 11.9 Å². The van der Waals surface area contributed by atoms with Gasteiger partial charge >= 0.3 is 0 Å². The van der Waals surface area contributed by atoms with E-state index in [0.717, 1.165) is 0 Å². The first-order valence-electron chi connectivity index (χ1n) is 4.55. The molecule has 0 saturated carbocycles. The van der Waals surface area contributed by atoms with Crippen LogP contribution in [0.25, 0.3) is 0 Å². The quantitative estimate of drug-likeness (QED) is 0.364. The third kappa shape index (κ3) is 2.86. The molecule has 1 aliphatic rings. The Hall–Kier alpha value is -1.76. The van der Waals surface area contributed by atoms with Gasteiger partial charge in [-0.25, -0.2) is 4.39 Å². The Bertz CT molecular complexity index is 353. The van der Waals surface area contributed by atoms with Gasteiger partial charge in [-0.15, -0.1) is 0 Å². The Kier molecular flexibility index (Phi) is 4.12. The number of imide groups is 1. The Morgan fingerprint density at radius 1 is 1.62 bits per heavy atom. The van der Waals surface area contributed by atoms with Crippen molar-refractivity contribution in [1.82, 2.24) is 10.6 Å². The molecule has 0 aromatic carbocycles. The molecule has 0 fully saturated rings. The predicted molar refractivity (Wildman–Crippen MR) is 50.7 cm³/mol. The van der Waals surface area contributed by atoms with Crippen molar-refractivity contribution >= 4 is 17.7 Å². The average molecular weight is 230 g/mol. The molecule has 0 aromatic heterocycles. The van der Waals surface area contributed by atoms with Gasteiger partial charge in [0, 0.05) is 13.7 Å². The number of hydrogen-bond acceptors (Lipinski definition) is 4. The maximum absolute atomic E-state index is 12.8. The highest BCUT2D eigenvalue weighted by atomic mass is 19.1. The predicted octanol–water partition coefficient (Wildman–Crippen LogP) is -1.12. The van der Waals surface area contributed by atoms with Crippen LogP contribution in [0.3, 0.4) is 0 Å². The molecule has 0 saturated heterocycles. The molecule has 0 bridgehead atoms. The van der Waals surface area contributed by atoms with Gasteiger partial charge in [-0.05, 0) is 6.08 Å². The molecule has 0 aliphatic carbocycles. The van der Waals surface area contributed by atoms with Crippen LogP contribution in [0.4, 0.5) is 4.39 Å². The normalized spacial score (nSPS) is 20.1. The minimum Gasteiger partial charge on any atom is -0.383 e. The van der Waals surface area contributed by atoms with E-state index in [9.17, 15) is 18.8 Å². The maximum Gasteiger partial charge on any atom is 0.286 e. The smallest absolute Gasteiger partial charge is 0.286 e. The van der Waals surface area contributed by atoms with E-state index in [0.29, 0.717) is 6.08 Å². The lowest BCUT2D eigenvalue weighted by atomic mass is 10.0. The summed E-state index contributed by atoms with van der Waals surface area (Å²) in [6, 6.07) is 0. The van der Waals surface area contributed by atoms with Crippen LogP contribution >= 0.6 is 0 Å². The molecule has 1 rings (SSSR count). The van der Waals surface area contributed by atoms with Crippen LogP contribution in [-0.4, -0.2) is 38.0 Å². The van der Waals surface area contributed by atoms with Gasteiger partial charge < -0.3 is 10.1 Å². The van der Waals surface area contributed by atoms with Gasteiger partial charge in [0.2, 0.25) is 11.8 Å². The van der Waals surface area contributed by atoms with Crippen molar-refractivity contribution in [3.8, 4) is 0 Å². The summed E-state index contributed by atoms with van der Waals surface area (Å²) in [4.78, 5) is 33.3. The molecule has 3 amide bonds. The largest absolute Gasteiger partial charge is 0.383 e. The first kappa shape index (κ1) is 12.3. The maximum atomic E-state index is 12.8. The molecule has 16 heavy (non-hydrogen) atoms. The molecular formula is C9H11FN2O4. The minimum atomic E-state index is -1.31. The second kappa shape index (κ2) is 5.36. The summed E-state index contributed by atoms with van der Waals surface area (Å²) in [6.45, 7) is 0.494. The highest BCUT2D eigenvalue weighted by Gasteiger charge is 2.32. The lowest BCUT2D eigenvalue weighted by Crippen LogP contribution is -2.46. The van der Waals surface area contributed by atoms with Crippen molar-refractivity contribution in [2.24, 2.45) is 5.92 Å². The van der Waals surface area contributed by atoms with E-state index >= 15 is 0 Å². The van der Waals surface area contributed by atoms with Gasteiger partial charge in [0.1, 0.15) is 5.92 Å². The Morgan fingerprint density at radius 3 is 2.94 bits per heavy atom. The van der Waals surface area contributed by atoms with Gasteiger partial charge in [-0.1, -0.05) is 0 Å². The number of carbonyl (C=O) groups is 3. The van der Waals surface area contributed by atoms with Gasteiger partial charge in [-0.3, -0.25) is 19.7 Å². The summed E-state index contributed by atoms with van der Waals surface area (Å²) < 4.78 is 17.5. The molecule has 1 aliphatic heterocycles. The summed E-state index contributed by atoms with van der Waals surface area (Å²) in [5.41, 5.74) is 0. The molecule has 1 unspecified atom stereocenters. The Labute approximate surface area is 90.8 Å². The molecule has 88 valence electrons. The zero-order valence-corrected chi connectivity index (χ0v) is 8.58. The molecule has 6 nitrogen and oxygen atoms in total. The van der Waals surface area contributed by atoms with Crippen molar-refractivity contribution in [1.29, 1.82) is 0 Å². The van der Waals surface area contributed by atoms with Crippen molar-refractivity contribution in [3.63, 3.8) is 0 Å². The zero-order valence-electron chi connectivity index (χ0n) is 8.58. The monoisotopic (exact) mass is 230 g/mol. The van der Waals surface area contributed by atoms with Gasteiger partial charge in [0.05, 0.1) is 6.61 Å². The first-order chi connectivity index (χ1) is 7.56. The molecular weight excluding hydrogens is 219 g/mol. The fourth-order valence-corrected chi connectivity index (χ4v) is 1.13. The van der Waals surface area contributed by atoms with Crippen LogP contribution < -0.4 is 10.6 Å². The fourth-order valence-electron chi connectivity index (χ4n) is 1.13. The van der Waals surface area contributed by atoms with E-state index < -0.39 is 29.5 Å². The number of amides is 3. The minimum absolute atomic E-state index is 0.211. The van der Waals surface area contributed by atoms with E-state index in [1.165, 1.54) is 7.11 Å². The average Bonchev–Trinajstić information content (AvgIpc) is 2.23. The standard InChI is InChI=1S/C9H11FN2O4/c1-16-3-2-11-7(13)5-4-6(10)9(15)12-8(5)14/h4-5H,2-3H2,1H3,(H,11,13)(H,12,14,15). The van der Waals surface area contributed by atoms with E-state index in [-0.39, 0.29) is 13.2 Å². The molecule has 7 heteroatoms. The third-order valence-electron chi connectivity index (χ3n) is 1.94. The molecule has 0 aromatic rings. The van der Waals surface area contributed by atoms with Crippen LogP contribution in [0.1, 0.15) is 0 Å². The van der Waals surface area contributed by atoms with E-state index in [2.05, 4.69) is 10.1 Å². The lowest BCUT2D eigenvalue weighted by molar-refractivity contribution is -0.137. The summed E-state index contributed by atoms with van der Waals surface area (Å²) in [7, 11) is 1.46. The number of hydrogen-bond donors (Lipinski definition) is 2. The molecule has 0 radical (unpaired) electrons. The van der Waals surface area contributed by atoms with Gasteiger partial charge in [0.25, 0.3) is 5.91 Å². The second-order valence-electron chi connectivity index (χ2n) is 3.09. The van der Waals surface area contributed by atoms with E-state index in [4.69, 9.17) is 0 Å². The van der Waals surface area contributed by atoms with Crippen molar-refractivity contribution in [2.45, 2.75) is 0 Å². The molecule has 2 N–H and O–H groups in total. The van der Waals surface area contributed by atoms with Crippen LogP contribution in [0.15, 0.2) is 11.9 Å². The third-order valence-corrected chi connectivity index (χ3v) is 1.94. The van der Waals surface area contributed by atoms with Crippen LogP contribution in [0.2, 0.25) is 0 Å². The number of carbonyl (C=O) groups excluding carboxylic acids is 3. The van der Waals surface area contributed by atoms with Gasteiger partial charge in [0.15, 0.2) is 5.83 Å². The van der Waals surface area contributed by atoms with E-state index in [1.807, 2.05) is 0 Å². The lowest BCUT2D eigenvalue weighted by Gasteiger charge is -2.16. The second-order valence-corrected chi connectivity index (χ2v) is 3.09. The SMILES string of the molecule is COCCNC(=O)C1C=C(F)C(=O)NC1=O. The van der Waals surface area contributed by atoms with Crippen molar-refractivity contribution < 1.29 is 23.5 Å². The number of ether oxygens (including phenoxy) is 1. The highest BCUT2D eigenvalue weighted by molar-refractivity contribution is 6.14. The molecule has 0 spiro atoms. The number of methoxy groups -OCH3 is 1. The number of rotatable bonds is 4. The van der Waals surface area contributed by atoms with Crippen LogP contribution in [0, 0.1) is 5.92 Å². The first-order valence-corrected chi connectivity index (χ1v) is 4.55. The fraction of sp³-hybridized carbons (Fsp3) is 0.444. The number of nitrogens with one attached hydrogen (secondary N) is 2. The Balaban J connectivity index is 2.62. The summed E-state index contributed by atoms with van der Waals surface area (Å²) in [6.07, 6.45) is 0.698.